The summed E-state index contributed by atoms with van der Waals surface area (Å²) in [6, 6.07) is 2.84. The lowest BCUT2D eigenvalue weighted by atomic mass is 9.85. The van der Waals surface area contributed by atoms with Gasteiger partial charge in [0.25, 0.3) is 5.56 Å². The van der Waals surface area contributed by atoms with Crippen LogP contribution in [0.5, 0.6) is 0 Å². The van der Waals surface area contributed by atoms with E-state index in [4.69, 9.17) is 0 Å². The smallest absolute Gasteiger partial charge is 0.310 e. The van der Waals surface area contributed by atoms with Crippen molar-refractivity contribution in [2.45, 2.75) is 37.3 Å². The van der Waals surface area contributed by atoms with E-state index < -0.39 is 35.2 Å². The van der Waals surface area contributed by atoms with Crippen molar-refractivity contribution in [3.05, 3.63) is 57.8 Å². The van der Waals surface area contributed by atoms with Gasteiger partial charge in [0.15, 0.2) is 5.69 Å². The quantitative estimate of drug-likeness (QED) is 0.536. The standard InChI is InChI=1S/C20H14F6N4O2/c21-19(22,23)15-8-16(31)30(10-27-15)9-12-3-4-13-14(7-12)28-17(32)29-18(13,20(24,25)26)6-5-11-1-2-11/h3-4,7-8,10-11H,1-2,9H2,(H2,28,29,32)/t18-/m0/s1. The first kappa shape index (κ1) is 21.7. The van der Waals surface area contributed by atoms with Crippen LogP contribution >= 0.6 is 0 Å². The van der Waals surface area contributed by atoms with Gasteiger partial charge in [0.1, 0.15) is 0 Å². The first-order valence-corrected chi connectivity index (χ1v) is 9.35. The molecule has 1 aliphatic carbocycles. The zero-order valence-electron chi connectivity index (χ0n) is 16.1. The van der Waals surface area contributed by atoms with Crippen LogP contribution in [0.2, 0.25) is 0 Å². The molecule has 0 radical (unpaired) electrons. The number of aromatic nitrogens is 2. The second kappa shape index (κ2) is 7.29. The zero-order valence-corrected chi connectivity index (χ0v) is 16.1. The maximum absolute atomic E-state index is 14.1. The SMILES string of the molecule is O=C1Nc2cc(Cn3cnc(C(F)(F)F)cc3=O)ccc2[C@@](C#CC2CC2)(C(F)(F)F)N1. The van der Waals surface area contributed by atoms with Gasteiger partial charge in [0.2, 0.25) is 5.54 Å². The van der Waals surface area contributed by atoms with Gasteiger partial charge in [0, 0.05) is 23.2 Å². The summed E-state index contributed by atoms with van der Waals surface area (Å²) in [5, 5.41) is 4.18. The Labute approximate surface area is 176 Å². The van der Waals surface area contributed by atoms with E-state index >= 15 is 0 Å². The summed E-state index contributed by atoms with van der Waals surface area (Å²) in [5.41, 5.74) is -5.47. The highest BCUT2D eigenvalue weighted by atomic mass is 19.4. The van der Waals surface area contributed by atoms with E-state index in [2.05, 4.69) is 22.1 Å². The number of amides is 2. The molecule has 1 saturated carbocycles. The number of carbonyl (C=O) groups excluding carboxylic acids is 1. The summed E-state index contributed by atoms with van der Waals surface area (Å²) >= 11 is 0. The van der Waals surface area contributed by atoms with Gasteiger partial charge in [-0.25, -0.2) is 9.78 Å². The molecule has 2 N–H and O–H groups in total. The summed E-state index contributed by atoms with van der Waals surface area (Å²) in [6.45, 7) is -0.271. The van der Waals surface area contributed by atoms with Crippen LogP contribution in [0.1, 0.15) is 29.7 Å². The lowest BCUT2D eigenvalue weighted by Gasteiger charge is -2.37. The predicted molar refractivity (Wildman–Crippen MR) is 99.4 cm³/mol. The molecular weight excluding hydrogens is 442 g/mol. The van der Waals surface area contributed by atoms with E-state index in [9.17, 15) is 35.9 Å². The minimum Gasteiger partial charge on any atom is -0.310 e. The van der Waals surface area contributed by atoms with Crippen LogP contribution < -0.4 is 16.2 Å². The van der Waals surface area contributed by atoms with Gasteiger partial charge in [-0.1, -0.05) is 24.0 Å². The molecule has 1 aromatic heterocycles. The summed E-state index contributed by atoms with van der Waals surface area (Å²) in [6.07, 6.45) is -7.63. The number of anilines is 1. The Morgan fingerprint density at radius 2 is 1.84 bits per heavy atom. The van der Waals surface area contributed by atoms with E-state index in [0.717, 1.165) is 10.6 Å². The Kier molecular flexibility index (Phi) is 4.95. The lowest BCUT2D eigenvalue weighted by Crippen LogP contribution is -2.59. The summed E-state index contributed by atoms with van der Waals surface area (Å²) in [7, 11) is 0. The summed E-state index contributed by atoms with van der Waals surface area (Å²) < 4.78 is 81.1. The summed E-state index contributed by atoms with van der Waals surface area (Å²) in [5.74, 6) is 4.61. The van der Waals surface area contributed by atoms with Crippen molar-refractivity contribution in [1.29, 1.82) is 0 Å². The number of rotatable bonds is 2. The fraction of sp³-hybridized carbons (Fsp3) is 0.350. The number of hydrogen-bond donors (Lipinski definition) is 2. The normalized spacial score (nSPS) is 20.5. The molecule has 2 amide bonds. The highest BCUT2D eigenvalue weighted by Crippen LogP contribution is 2.44. The molecule has 0 bridgehead atoms. The Bertz CT molecular complexity index is 1200. The Morgan fingerprint density at radius 1 is 1.12 bits per heavy atom. The van der Waals surface area contributed by atoms with Crippen molar-refractivity contribution in [3.8, 4) is 11.8 Å². The van der Waals surface area contributed by atoms with Crippen LogP contribution in [0, 0.1) is 17.8 Å². The van der Waals surface area contributed by atoms with Crippen molar-refractivity contribution in [2.75, 3.05) is 5.32 Å². The largest absolute Gasteiger partial charge is 0.433 e. The summed E-state index contributed by atoms with van der Waals surface area (Å²) in [4.78, 5) is 27.2. The minimum absolute atomic E-state index is 0.150. The van der Waals surface area contributed by atoms with Crippen LogP contribution in [0.25, 0.3) is 0 Å². The van der Waals surface area contributed by atoms with Crippen LogP contribution in [0.4, 0.5) is 36.8 Å². The number of halogens is 6. The van der Waals surface area contributed by atoms with Crippen molar-refractivity contribution in [3.63, 3.8) is 0 Å². The molecule has 2 aliphatic rings. The van der Waals surface area contributed by atoms with E-state index in [1.165, 1.54) is 12.1 Å². The van der Waals surface area contributed by atoms with E-state index in [1.807, 2.05) is 5.32 Å². The molecule has 2 heterocycles. The second-order valence-electron chi connectivity index (χ2n) is 7.49. The fourth-order valence-corrected chi connectivity index (χ4v) is 3.24. The van der Waals surface area contributed by atoms with Gasteiger partial charge in [-0.15, -0.1) is 0 Å². The molecule has 1 aromatic carbocycles. The molecule has 4 rings (SSSR count). The molecule has 1 aliphatic heterocycles. The molecule has 1 atom stereocenters. The number of urea groups is 1. The van der Waals surface area contributed by atoms with Crippen molar-refractivity contribution >= 4 is 11.7 Å². The third kappa shape index (κ3) is 4.02. The molecule has 168 valence electrons. The third-order valence-corrected chi connectivity index (χ3v) is 5.03. The topological polar surface area (TPSA) is 76.0 Å². The first-order valence-electron chi connectivity index (χ1n) is 9.35. The molecule has 1 fully saturated rings. The van der Waals surface area contributed by atoms with Gasteiger partial charge in [0.05, 0.1) is 12.9 Å². The third-order valence-electron chi connectivity index (χ3n) is 5.03. The number of alkyl halides is 6. The molecule has 0 saturated heterocycles. The fourth-order valence-electron chi connectivity index (χ4n) is 3.24. The Hall–Kier alpha value is -3.49. The van der Waals surface area contributed by atoms with E-state index in [0.29, 0.717) is 25.2 Å². The monoisotopic (exact) mass is 456 g/mol. The average molecular weight is 456 g/mol. The van der Waals surface area contributed by atoms with Crippen LogP contribution in [-0.2, 0) is 18.3 Å². The predicted octanol–water partition coefficient (Wildman–Crippen LogP) is 3.62. The highest BCUT2D eigenvalue weighted by Gasteiger charge is 2.59. The van der Waals surface area contributed by atoms with Crippen molar-refractivity contribution < 1.29 is 31.1 Å². The van der Waals surface area contributed by atoms with E-state index in [1.54, 1.807) is 0 Å². The molecular formula is C20H14F6N4O2. The average Bonchev–Trinajstić information content (AvgIpc) is 3.50. The second-order valence-corrected chi connectivity index (χ2v) is 7.49. The molecule has 0 unspecified atom stereocenters. The van der Waals surface area contributed by atoms with Crippen molar-refractivity contribution in [1.82, 2.24) is 14.9 Å². The first-order chi connectivity index (χ1) is 14.9. The van der Waals surface area contributed by atoms with Gasteiger partial charge >= 0.3 is 18.4 Å². The van der Waals surface area contributed by atoms with Gasteiger partial charge in [-0.05, 0) is 24.5 Å². The molecule has 32 heavy (non-hydrogen) atoms. The van der Waals surface area contributed by atoms with Gasteiger partial charge in [-0.2, -0.15) is 26.3 Å². The zero-order chi connectivity index (χ0) is 23.3. The van der Waals surface area contributed by atoms with Crippen molar-refractivity contribution in [2.24, 2.45) is 5.92 Å². The lowest BCUT2D eigenvalue weighted by molar-refractivity contribution is -0.178. The maximum atomic E-state index is 14.1. The number of fused-ring (bicyclic) bond motifs is 1. The number of carbonyl (C=O) groups is 1. The molecule has 2 aromatic rings. The minimum atomic E-state index is -4.92. The number of hydrogen-bond acceptors (Lipinski definition) is 3. The Morgan fingerprint density at radius 3 is 2.44 bits per heavy atom. The maximum Gasteiger partial charge on any atom is 0.433 e. The van der Waals surface area contributed by atoms with E-state index in [-0.39, 0.29) is 29.3 Å². The van der Waals surface area contributed by atoms with Crippen LogP contribution in [0.15, 0.2) is 35.4 Å². The number of benzene rings is 1. The molecule has 6 nitrogen and oxygen atoms in total. The Balaban J connectivity index is 1.72. The van der Waals surface area contributed by atoms with Crippen LogP contribution in [0.3, 0.4) is 0 Å². The molecule has 12 heteroatoms. The number of nitrogens with zero attached hydrogens (tertiary/aromatic N) is 2. The van der Waals surface area contributed by atoms with Gasteiger partial charge in [-0.3, -0.25) is 9.36 Å². The highest BCUT2D eigenvalue weighted by molar-refractivity contribution is 5.95. The molecule has 0 spiro atoms. The van der Waals surface area contributed by atoms with Gasteiger partial charge < -0.3 is 10.6 Å². The van der Waals surface area contributed by atoms with Crippen LogP contribution in [-0.4, -0.2) is 21.8 Å². The number of nitrogens with one attached hydrogen (secondary N) is 2.